The highest BCUT2D eigenvalue weighted by Crippen LogP contribution is 2.21. The Morgan fingerprint density at radius 1 is 0.926 bits per heavy atom. The van der Waals surface area contributed by atoms with Crippen LogP contribution in [0.25, 0.3) is 0 Å². The number of benzene rings is 2. The Hall–Kier alpha value is -2.86. The first-order chi connectivity index (χ1) is 12.6. The first-order valence-electron chi connectivity index (χ1n) is 7.03. The van der Waals surface area contributed by atoms with E-state index in [1.165, 1.54) is 24.3 Å². The van der Waals surface area contributed by atoms with Crippen molar-refractivity contribution in [3.63, 3.8) is 0 Å². The van der Waals surface area contributed by atoms with Crippen molar-refractivity contribution in [2.75, 3.05) is 6.54 Å². The molecule has 0 heterocycles. The number of nitrogens with zero attached hydrogens (tertiary/aromatic N) is 1. The van der Waals surface area contributed by atoms with Crippen LogP contribution in [0.3, 0.4) is 0 Å². The third kappa shape index (κ3) is 4.65. The van der Waals surface area contributed by atoms with Crippen molar-refractivity contribution in [1.82, 2.24) is 10.1 Å². The monoisotopic (exact) mass is 407 g/mol. The van der Waals surface area contributed by atoms with E-state index in [-0.39, 0.29) is 11.1 Å². The molecule has 2 aromatic carbocycles. The Labute approximate surface area is 149 Å². The van der Waals surface area contributed by atoms with E-state index in [0.717, 1.165) is 0 Å². The Balaban J connectivity index is 2.03. The van der Waals surface area contributed by atoms with E-state index in [9.17, 15) is 35.2 Å². The highest BCUT2D eigenvalue weighted by Gasteiger charge is 2.24. The number of amides is 1. The highest BCUT2D eigenvalue weighted by atomic mass is 32.2. The minimum atomic E-state index is -3.99. The van der Waals surface area contributed by atoms with E-state index >= 15 is 0 Å². The average Bonchev–Trinajstić information content (AvgIpc) is 2.66. The van der Waals surface area contributed by atoms with Crippen LogP contribution >= 0.6 is 0 Å². The standard InChI is InChI=1S/C15H10F5N3O3S/c16-11-9(12(17)14(19)15(20)13(11)18)6-21-23-10(24)7-22-27(25,26)8-4-2-1-3-5-8/h1-6,22H,7H2,(H,23,24)/b21-6-. The number of sulfonamides is 1. The summed E-state index contributed by atoms with van der Waals surface area (Å²) in [5, 5.41) is 3.05. The molecule has 0 aromatic heterocycles. The molecule has 27 heavy (non-hydrogen) atoms. The van der Waals surface area contributed by atoms with E-state index in [0.29, 0.717) is 0 Å². The molecule has 0 bridgehead atoms. The van der Waals surface area contributed by atoms with Gasteiger partial charge >= 0.3 is 0 Å². The molecule has 0 aliphatic carbocycles. The SMILES string of the molecule is O=C(CNS(=O)(=O)c1ccccc1)N/N=C\c1c(F)c(F)c(F)c(F)c1F. The number of hydrogen-bond acceptors (Lipinski definition) is 4. The number of hydrogen-bond donors (Lipinski definition) is 2. The second-order valence-corrected chi connectivity index (χ2v) is 6.68. The van der Waals surface area contributed by atoms with Crippen molar-refractivity contribution in [1.29, 1.82) is 0 Å². The van der Waals surface area contributed by atoms with Crippen LogP contribution in [0, 0.1) is 29.1 Å². The van der Waals surface area contributed by atoms with E-state index in [2.05, 4.69) is 5.10 Å². The van der Waals surface area contributed by atoms with Crippen LogP contribution in [-0.2, 0) is 14.8 Å². The number of rotatable bonds is 6. The van der Waals surface area contributed by atoms with Crippen molar-refractivity contribution >= 4 is 22.1 Å². The summed E-state index contributed by atoms with van der Waals surface area (Å²) in [6, 6.07) is 7.06. The average molecular weight is 407 g/mol. The second kappa shape index (κ2) is 8.22. The van der Waals surface area contributed by atoms with E-state index < -0.39 is 57.1 Å². The molecule has 2 aromatic rings. The molecule has 6 nitrogen and oxygen atoms in total. The normalized spacial score (nSPS) is 11.7. The van der Waals surface area contributed by atoms with Gasteiger partial charge in [-0.05, 0) is 12.1 Å². The quantitative estimate of drug-likeness (QED) is 0.252. The molecule has 0 fully saturated rings. The molecule has 12 heteroatoms. The van der Waals surface area contributed by atoms with Gasteiger partial charge in [0.15, 0.2) is 23.3 Å². The molecule has 0 aliphatic rings. The van der Waals surface area contributed by atoms with Gasteiger partial charge in [-0.3, -0.25) is 4.79 Å². The van der Waals surface area contributed by atoms with Crippen molar-refractivity contribution in [2.45, 2.75) is 4.90 Å². The summed E-state index contributed by atoms with van der Waals surface area (Å²) < 4.78 is 91.4. The first-order valence-corrected chi connectivity index (χ1v) is 8.51. The fraction of sp³-hybridized carbons (Fsp3) is 0.0667. The predicted octanol–water partition coefficient (Wildman–Crippen LogP) is 1.81. The third-order valence-corrected chi connectivity index (χ3v) is 4.52. The lowest BCUT2D eigenvalue weighted by atomic mass is 10.2. The molecular formula is C15H10F5N3O3S. The molecule has 144 valence electrons. The molecule has 0 saturated carbocycles. The predicted molar refractivity (Wildman–Crippen MR) is 83.6 cm³/mol. The largest absolute Gasteiger partial charge is 0.272 e. The Kier molecular flexibility index (Phi) is 6.23. The molecule has 1 amide bonds. The van der Waals surface area contributed by atoms with Crippen molar-refractivity contribution < 1.29 is 35.2 Å². The Morgan fingerprint density at radius 2 is 1.44 bits per heavy atom. The number of carbonyl (C=O) groups is 1. The second-order valence-electron chi connectivity index (χ2n) is 4.91. The van der Waals surface area contributed by atoms with Crippen LogP contribution in [0.2, 0.25) is 0 Å². The maximum atomic E-state index is 13.4. The van der Waals surface area contributed by atoms with Crippen LogP contribution in [0.4, 0.5) is 22.0 Å². The van der Waals surface area contributed by atoms with Gasteiger partial charge in [0, 0.05) is 0 Å². The smallest absolute Gasteiger partial charge is 0.255 e. The van der Waals surface area contributed by atoms with Crippen LogP contribution in [0.5, 0.6) is 0 Å². The Morgan fingerprint density at radius 3 is 2.00 bits per heavy atom. The summed E-state index contributed by atoms with van der Waals surface area (Å²) in [5.41, 5.74) is 0.330. The van der Waals surface area contributed by atoms with Gasteiger partial charge in [0.05, 0.1) is 23.2 Å². The molecule has 0 saturated heterocycles. The maximum absolute atomic E-state index is 13.4. The molecule has 0 radical (unpaired) electrons. The van der Waals surface area contributed by atoms with E-state index in [1.54, 1.807) is 11.5 Å². The summed E-state index contributed by atoms with van der Waals surface area (Å²) in [6.45, 7) is -0.786. The summed E-state index contributed by atoms with van der Waals surface area (Å²) in [4.78, 5) is 11.4. The topological polar surface area (TPSA) is 87.6 Å². The lowest BCUT2D eigenvalue weighted by molar-refractivity contribution is -0.119. The van der Waals surface area contributed by atoms with Gasteiger partial charge in [0.2, 0.25) is 15.8 Å². The van der Waals surface area contributed by atoms with Gasteiger partial charge in [-0.15, -0.1) is 0 Å². The zero-order valence-corrected chi connectivity index (χ0v) is 14.0. The highest BCUT2D eigenvalue weighted by molar-refractivity contribution is 7.89. The molecule has 0 atom stereocenters. The fourth-order valence-electron chi connectivity index (χ4n) is 1.79. The van der Waals surface area contributed by atoms with E-state index in [4.69, 9.17) is 0 Å². The number of halogens is 5. The molecule has 2 N–H and O–H groups in total. The van der Waals surface area contributed by atoms with Crippen molar-refractivity contribution in [3.05, 3.63) is 65.0 Å². The van der Waals surface area contributed by atoms with Gasteiger partial charge in [0.1, 0.15) is 0 Å². The fourth-order valence-corrected chi connectivity index (χ4v) is 2.79. The minimum Gasteiger partial charge on any atom is -0.272 e. The maximum Gasteiger partial charge on any atom is 0.255 e. The van der Waals surface area contributed by atoms with Gasteiger partial charge < -0.3 is 0 Å². The molecule has 0 unspecified atom stereocenters. The van der Waals surface area contributed by atoms with Crippen LogP contribution < -0.4 is 10.1 Å². The van der Waals surface area contributed by atoms with Crippen LogP contribution in [0.1, 0.15) is 5.56 Å². The van der Waals surface area contributed by atoms with Crippen molar-refractivity contribution in [3.8, 4) is 0 Å². The molecule has 0 aliphatic heterocycles. The van der Waals surface area contributed by atoms with Crippen LogP contribution in [0.15, 0.2) is 40.3 Å². The number of nitrogens with one attached hydrogen (secondary N) is 2. The minimum absolute atomic E-state index is 0.109. The first kappa shape index (κ1) is 20.5. The van der Waals surface area contributed by atoms with Gasteiger partial charge in [-0.25, -0.2) is 40.5 Å². The lowest BCUT2D eigenvalue weighted by Gasteiger charge is -2.06. The zero-order valence-electron chi connectivity index (χ0n) is 13.1. The Bertz CT molecular complexity index is 968. The van der Waals surface area contributed by atoms with Crippen LogP contribution in [-0.4, -0.2) is 27.1 Å². The number of hydrazone groups is 1. The zero-order chi connectivity index (χ0) is 20.2. The lowest BCUT2D eigenvalue weighted by Crippen LogP contribution is -2.34. The van der Waals surface area contributed by atoms with E-state index in [1.807, 2.05) is 4.72 Å². The van der Waals surface area contributed by atoms with Crippen molar-refractivity contribution in [2.24, 2.45) is 5.10 Å². The summed E-state index contributed by atoms with van der Waals surface area (Å²) >= 11 is 0. The molecule has 0 spiro atoms. The number of carbonyl (C=O) groups excluding carboxylic acids is 1. The van der Waals surface area contributed by atoms with Gasteiger partial charge in [0.25, 0.3) is 5.91 Å². The molecular weight excluding hydrogens is 397 g/mol. The van der Waals surface area contributed by atoms with Gasteiger partial charge in [-0.1, -0.05) is 18.2 Å². The molecule has 2 rings (SSSR count). The van der Waals surface area contributed by atoms with Gasteiger partial charge in [-0.2, -0.15) is 5.10 Å². The summed E-state index contributed by atoms with van der Waals surface area (Å²) in [5.74, 6) is -12.0. The third-order valence-electron chi connectivity index (χ3n) is 3.10. The summed E-state index contributed by atoms with van der Waals surface area (Å²) in [6.07, 6.45) is 0.208. The summed E-state index contributed by atoms with van der Waals surface area (Å²) in [7, 11) is -3.99.